The number of nitrogens with zero attached hydrogens (tertiary/aromatic N) is 1. The summed E-state index contributed by atoms with van der Waals surface area (Å²) in [5, 5.41) is 2.73. The monoisotopic (exact) mass is 438 g/mol. The largest absolute Gasteiger partial charge is 0.488 e. The van der Waals surface area contributed by atoms with E-state index >= 15 is 0 Å². The molecule has 3 rings (SSSR count). The fraction of sp³-hybridized carbons (Fsp3) is 0.238. The smallest absolute Gasteiger partial charge is 0.418 e. The number of ether oxygens (including phenoxy) is 1. The van der Waals surface area contributed by atoms with Gasteiger partial charge >= 0.3 is 6.18 Å². The molecule has 0 spiro atoms. The van der Waals surface area contributed by atoms with E-state index in [9.17, 15) is 22.8 Å². The van der Waals surface area contributed by atoms with Crippen LogP contribution in [0.25, 0.3) is 6.08 Å². The van der Waals surface area contributed by atoms with Crippen LogP contribution in [0.2, 0.25) is 5.02 Å². The maximum atomic E-state index is 13.1. The number of nitrogens with one attached hydrogen (secondary N) is 1. The van der Waals surface area contributed by atoms with Crippen LogP contribution in [-0.2, 0) is 15.8 Å². The molecule has 0 fully saturated rings. The zero-order valence-corrected chi connectivity index (χ0v) is 16.7. The van der Waals surface area contributed by atoms with Gasteiger partial charge in [-0.15, -0.1) is 0 Å². The molecule has 0 radical (unpaired) electrons. The molecule has 1 N–H and O–H groups in total. The van der Waals surface area contributed by atoms with E-state index in [0.29, 0.717) is 21.9 Å². The highest BCUT2D eigenvalue weighted by Gasteiger charge is 2.33. The number of carbonyl (C=O) groups excluding carboxylic acids is 2. The summed E-state index contributed by atoms with van der Waals surface area (Å²) in [5.41, 5.74) is -0.362. The van der Waals surface area contributed by atoms with Crippen molar-refractivity contribution in [1.82, 2.24) is 4.90 Å². The second-order valence-corrected chi connectivity index (χ2v) is 6.99. The highest BCUT2D eigenvalue weighted by atomic mass is 35.5. The molecule has 5 nitrogen and oxygen atoms in total. The van der Waals surface area contributed by atoms with Gasteiger partial charge in [0.25, 0.3) is 5.91 Å². The standard InChI is InChI=1S/C21H18ClF3N2O3/c1-2-27(11-19(28)26-17-6-4-3-5-16(17)21(23,24)25)20(29)14-9-13-10-15(22)7-8-18(13)30-12-14/h3-10H,2,11-12H2,1H3,(H,26,28). The molecule has 2 aromatic rings. The van der Waals surface area contributed by atoms with Crippen LogP contribution >= 0.6 is 11.6 Å². The Bertz CT molecular complexity index is 1010. The Morgan fingerprint density at radius 2 is 1.93 bits per heavy atom. The zero-order valence-electron chi connectivity index (χ0n) is 15.9. The first-order valence-corrected chi connectivity index (χ1v) is 9.45. The predicted molar refractivity (Wildman–Crippen MR) is 107 cm³/mol. The lowest BCUT2D eigenvalue weighted by molar-refractivity contribution is -0.137. The highest BCUT2D eigenvalue weighted by Crippen LogP contribution is 2.34. The Morgan fingerprint density at radius 3 is 2.63 bits per heavy atom. The van der Waals surface area contributed by atoms with E-state index in [1.165, 1.54) is 17.0 Å². The first kappa shape index (κ1) is 21.7. The molecule has 0 unspecified atom stereocenters. The molecule has 30 heavy (non-hydrogen) atoms. The van der Waals surface area contributed by atoms with Gasteiger partial charge in [-0.05, 0) is 43.3 Å². The third kappa shape index (κ3) is 4.94. The summed E-state index contributed by atoms with van der Waals surface area (Å²) in [7, 11) is 0. The second-order valence-electron chi connectivity index (χ2n) is 6.55. The molecular weight excluding hydrogens is 421 g/mol. The Kier molecular flexibility index (Phi) is 6.36. The Labute approximate surface area is 176 Å². The molecule has 1 aliphatic rings. The van der Waals surface area contributed by atoms with Gasteiger partial charge in [-0.3, -0.25) is 9.59 Å². The molecule has 0 saturated carbocycles. The maximum Gasteiger partial charge on any atom is 0.418 e. The lowest BCUT2D eigenvalue weighted by Crippen LogP contribution is -2.40. The van der Waals surface area contributed by atoms with Gasteiger partial charge in [-0.2, -0.15) is 13.2 Å². The van der Waals surface area contributed by atoms with Gasteiger partial charge in [0.2, 0.25) is 5.91 Å². The van der Waals surface area contributed by atoms with Gasteiger partial charge in [0.15, 0.2) is 0 Å². The van der Waals surface area contributed by atoms with E-state index in [1.54, 1.807) is 31.2 Å². The van der Waals surface area contributed by atoms with Crippen LogP contribution in [0.15, 0.2) is 48.0 Å². The lowest BCUT2D eigenvalue weighted by Gasteiger charge is -2.24. The third-order valence-electron chi connectivity index (χ3n) is 4.47. The van der Waals surface area contributed by atoms with Crippen molar-refractivity contribution < 1.29 is 27.5 Å². The summed E-state index contributed by atoms with van der Waals surface area (Å²) in [4.78, 5) is 26.4. The normalized spacial score (nSPS) is 13.0. The van der Waals surface area contributed by atoms with Gasteiger partial charge < -0.3 is 15.0 Å². The molecule has 1 heterocycles. The third-order valence-corrected chi connectivity index (χ3v) is 4.70. The number of para-hydroxylation sites is 1. The quantitative estimate of drug-likeness (QED) is 0.741. The number of carbonyl (C=O) groups is 2. The summed E-state index contributed by atoms with van der Waals surface area (Å²) in [5.74, 6) is -0.592. The van der Waals surface area contributed by atoms with Crippen molar-refractivity contribution >= 4 is 35.2 Å². The van der Waals surface area contributed by atoms with Gasteiger partial charge in [0, 0.05) is 17.1 Å². The number of hydrogen-bond acceptors (Lipinski definition) is 3. The van der Waals surface area contributed by atoms with Crippen molar-refractivity contribution in [2.75, 3.05) is 25.0 Å². The highest BCUT2D eigenvalue weighted by molar-refractivity contribution is 6.30. The van der Waals surface area contributed by atoms with E-state index in [4.69, 9.17) is 16.3 Å². The fourth-order valence-corrected chi connectivity index (χ4v) is 3.19. The SMILES string of the molecule is CCN(CC(=O)Nc1ccccc1C(F)(F)F)C(=O)C1=Cc2cc(Cl)ccc2OC1. The van der Waals surface area contributed by atoms with Crippen molar-refractivity contribution in [2.24, 2.45) is 0 Å². The minimum absolute atomic E-state index is 0.0164. The van der Waals surface area contributed by atoms with E-state index in [-0.39, 0.29) is 18.8 Å². The summed E-state index contributed by atoms with van der Waals surface area (Å²) in [6.45, 7) is 1.47. The number of amides is 2. The van der Waals surface area contributed by atoms with Crippen LogP contribution in [0.4, 0.5) is 18.9 Å². The molecule has 0 aromatic heterocycles. The molecule has 0 aliphatic carbocycles. The van der Waals surface area contributed by atoms with E-state index < -0.39 is 30.1 Å². The average Bonchev–Trinajstić information content (AvgIpc) is 2.70. The summed E-state index contributed by atoms with van der Waals surface area (Å²) >= 11 is 5.97. The fourth-order valence-electron chi connectivity index (χ4n) is 3.00. The lowest BCUT2D eigenvalue weighted by atomic mass is 10.1. The minimum atomic E-state index is -4.61. The van der Waals surface area contributed by atoms with Gasteiger partial charge in [-0.25, -0.2) is 0 Å². The second kappa shape index (κ2) is 8.79. The maximum absolute atomic E-state index is 13.1. The number of halogens is 4. The van der Waals surface area contributed by atoms with Crippen molar-refractivity contribution in [3.8, 4) is 5.75 Å². The molecule has 2 aromatic carbocycles. The molecule has 1 aliphatic heterocycles. The van der Waals surface area contributed by atoms with E-state index in [2.05, 4.69) is 5.32 Å². The van der Waals surface area contributed by atoms with Crippen molar-refractivity contribution in [3.05, 3.63) is 64.2 Å². The number of alkyl halides is 3. The Morgan fingerprint density at radius 1 is 1.20 bits per heavy atom. The summed E-state index contributed by atoms with van der Waals surface area (Å²) in [6.07, 6.45) is -2.98. The Balaban J connectivity index is 1.73. The van der Waals surface area contributed by atoms with E-state index in [0.717, 1.165) is 12.1 Å². The molecule has 0 bridgehead atoms. The van der Waals surface area contributed by atoms with Gasteiger partial charge in [0.1, 0.15) is 18.9 Å². The van der Waals surface area contributed by atoms with Crippen LogP contribution in [0.1, 0.15) is 18.1 Å². The Hall–Kier alpha value is -3.00. The molecule has 2 amide bonds. The van der Waals surface area contributed by atoms with Crippen LogP contribution in [0, 0.1) is 0 Å². The molecule has 0 saturated heterocycles. The molecule has 9 heteroatoms. The first-order chi connectivity index (χ1) is 14.2. The van der Waals surface area contributed by atoms with Crippen molar-refractivity contribution in [2.45, 2.75) is 13.1 Å². The number of likely N-dealkylation sites (N-methyl/N-ethyl adjacent to an activating group) is 1. The predicted octanol–water partition coefficient (Wildman–Crippen LogP) is 4.62. The summed E-state index contributed by atoms with van der Waals surface area (Å²) in [6, 6.07) is 9.68. The molecule has 158 valence electrons. The number of benzene rings is 2. The zero-order chi connectivity index (χ0) is 21.9. The topological polar surface area (TPSA) is 58.6 Å². The van der Waals surface area contributed by atoms with E-state index in [1.807, 2.05) is 0 Å². The van der Waals surface area contributed by atoms with Gasteiger partial charge in [-0.1, -0.05) is 23.7 Å². The first-order valence-electron chi connectivity index (χ1n) is 9.07. The average molecular weight is 439 g/mol. The number of anilines is 1. The van der Waals surface area contributed by atoms with Crippen LogP contribution < -0.4 is 10.1 Å². The minimum Gasteiger partial charge on any atom is -0.488 e. The van der Waals surface area contributed by atoms with Crippen LogP contribution in [-0.4, -0.2) is 36.4 Å². The number of rotatable bonds is 5. The molecule has 0 atom stereocenters. The van der Waals surface area contributed by atoms with Crippen molar-refractivity contribution in [1.29, 1.82) is 0 Å². The van der Waals surface area contributed by atoms with Crippen LogP contribution in [0.3, 0.4) is 0 Å². The summed E-state index contributed by atoms with van der Waals surface area (Å²) < 4.78 is 44.9. The van der Waals surface area contributed by atoms with Gasteiger partial charge in [0.05, 0.1) is 16.8 Å². The van der Waals surface area contributed by atoms with Crippen molar-refractivity contribution in [3.63, 3.8) is 0 Å². The number of fused-ring (bicyclic) bond motifs is 1. The van der Waals surface area contributed by atoms with Crippen LogP contribution in [0.5, 0.6) is 5.75 Å². The molecular formula is C21H18ClF3N2O3. The number of hydrogen-bond donors (Lipinski definition) is 1.